The van der Waals surface area contributed by atoms with Gasteiger partial charge in [0.15, 0.2) is 0 Å². The SMILES string of the molecule is Nc1ccc([C@H]2[C@@H](O)CCCc3cncn32)c(-c2ccccc2)c1. The van der Waals surface area contributed by atoms with Crippen molar-refractivity contribution in [3.63, 3.8) is 0 Å². The fraction of sp³-hybridized carbons (Fsp3) is 0.250. The summed E-state index contributed by atoms with van der Waals surface area (Å²) in [6, 6.07) is 16.0. The number of aryl methyl sites for hydroxylation is 1. The number of fused-ring (bicyclic) bond motifs is 1. The Kier molecular flexibility index (Phi) is 3.82. The van der Waals surface area contributed by atoms with E-state index in [4.69, 9.17) is 5.73 Å². The molecule has 1 aromatic heterocycles. The van der Waals surface area contributed by atoms with Crippen molar-refractivity contribution >= 4 is 5.69 Å². The van der Waals surface area contributed by atoms with E-state index in [1.54, 1.807) is 0 Å². The van der Waals surface area contributed by atoms with Crippen LogP contribution in [-0.2, 0) is 6.42 Å². The standard InChI is InChI=1S/C20H21N3O/c21-15-9-10-17(18(11-15)14-5-2-1-3-6-14)20-19(24)8-4-7-16-12-22-13-23(16)20/h1-3,5-6,9-13,19-20,24H,4,7-8,21H2/t19-,20-/m0/s1. The second-order valence-electron chi connectivity index (χ2n) is 6.41. The van der Waals surface area contributed by atoms with E-state index in [9.17, 15) is 5.11 Å². The van der Waals surface area contributed by atoms with Gasteiger partial charge in [0, 0.05) is 17.6 Å². The summed E-state index contributed by atoms with van der Waals surface area (Å²) in [6.07, 6.45) is 6.00. The summed E-state index contributed by atoms with van der Waals surface area (Å²) >= 11 is 0. The summed E-state index contributed by atoms with van der Waals surface area (Å²) in [5.41, 5.74) is 11.2. The Hall–Kier alpha value is -2.59. The van der Waals surface area contributed by atoms with Crippen LogP contribution < -0.4 is 5.73 Å². The van der Waals surface area contributed by atoms with Crippen molar-refractivity contribution in [2.45, 2.75) is 31.4 Å². The van der Waals surface area contributed by atoms with Crippen LogP contribution in [0.4, 0.5) is 5.69 Å². The molecule has 1 aliphatic heterocycles. The molecule has 0 radical (unpaired) electrons. The number of anilines is 1. The summed E-state index contributed by atoms with van der Waals surface area (Å²) in [7, 11) is 0. The monoisotopic (exact) mass is 319 g/mol. The van der Waals surface area contributed by atoms with E-state index in [0.717, 1.165) is 41.6 Å². The molecule has 3 N–H and O–H groups in total. The number of aliphatic hydroxyl groups excluding tert-OH is 1. The number of nitrogens with zero attached hydrogens (tertiary/aromatic N) is 2. The zero-order chi connectivity index (χ0) is 16.5. The van der Waals surface area contributed by atoms with Crippen LogP contribution in [0.2, 0.25) is 0 Å². The first-order valence-corrected chi connectivity index (χ1v) is 8.37. The largest absolute Gasteiger partial charge is 0.399 e. The fourth-order valence-electron chi connectivity index (χ4n) is 3.67. The molecule has 4 heteroatoms. The van der Waals surface area contributed by atoms with E-state index in [-0.39, 0.29) is 6.04 Å². The van der Waals surface area contributed by atoms with E-state index in [1.165, 1.54) is 5.69 Å². The smallest absolute Gasteiger partial charge is 0.0954 e. The van der Waals surface area contributed by atoms with E-state index in [1.807, 2.05) is 48.9 Å². The van der Waals surface area contributed by atoms with Crippen molar-refractivity contribution < 1.29 is 5.11 Å². The molecule has 2 atom stereocenters. The lowest BCUT2D eigenvalue weighted by atomic mass is 9.90. The lowest BCUT2D eigenvalue weighted by Gasteiger charge is -2.26. The van der Waals surface area contributed by atoms with Gasteiger partial charge in [-0.15, -0.1) is 0 Å². The van der Waals surface area contributed by atoms with Gasteiger partial charge in [-0.3, -0.25) is 0 Å². The summed E-state index contributed by atoms with van der Waals surface area (Å²) in [5, 5.41) is 10.8. The highest BCUT2D eigenvalue weighted by atomic mass is 16.3. The highest BCUT2D eigenvalue weighted by molar-refractivity contribution is 5.72. The maximum absolute atomic E-state index is 10.8. The predicted octanol–water partition coefficient (Wildman–Crippen LogP) is 3.42. The molecule has 0 amide bonds. The zero-order valence-corrected chi connectivity index (χ0v) is 13.5. The number of nitrogen functional groups attached to an aromatic ring is 1. The average molecular weight is 319 g/mol. The van der Waals surface area contributed by atoms with Gasteiger partial charge in [0.1, 0.15) is 0 Å². The third-order valence-electron chi connectivity index (χ3n) is 4.82. The van der Waals surface area contributed by atoms with Crippen LogP contribution in [0.1, 0.15) is 30.1 Å². The average Bonchev–Trinajstić information content (AvgIpc) is 2.99. The molecule has 0 unspecified atom stereocenters. The highest BCUT2D eigenvalue weighted by Gasteiger charge is 2.29. The van der Waals surface area contributed by atoms with E-state index < -0.39 is 6.10 Å². The molecule has 0 saturated carbocycles. The molecule has 4 nitrogen and oxygen atoms in total. The minimum Gasteiger partial charge on any atom is -0.399 e. The van der Waals surface area contributed by atoms with Crippen molar-refractivity contribution in [2.24, 2.45) is 0 Å². The summed E-state index contributed by atoms with van der Waals surface area (Å²) in [6.45, 7) is 0. The number of benzene rings is 2. The number of rotatable bonds is 2. The molecule has 122 valence electrons. The van der Waals surface area contributed by atoms with Gasteiger partial charge in [-0.2, -0.15) is 0 Å². The molecular weight excluding hydrogens is 298 g/mol. The summed E-state index contributed by atoms with van der Waals surface area (Å²) < 4.78 is 2.12. The van der Waals surface area contributed by atoms with Crippen LogP contribution >= 0.6 is 0 Å². The molecule has 0 saturated heterocycles. The Balaban J connectivity index is 1.91. The minimum absolute atomic E-state index is 0.138. The second kappa shape index (κ2) is 6.13. The number of hydrogen-bond donors (Lipinski definition) is 2. The van der Waals surface area contributed by atoms with E-state index in [2.05, 4.69) is 21.7 Å². The molecule has 0 aliphatic carbocycles. The third-order valence-corrected chi connectivity index (χ3v) is 4.82. The molecule has 3 aromatic rings. The van der Waals surface area contributed by atoms with Crippen LogP contribution in [0, 0.1) is 0 Å². The van der Waals surface area contributed by atoms with Crippen molar-refractivity contribution in [1.29, 1.82) is 0 Å². The minimum atomic E-state index is -0.438. The Morgan fingerprint density at radius 3 is 2.79 bits per heavy atom. The van der Waals surface area contributed by atoms with Crippen LogP contribution in [0.15, 0.2) is 61.1 Å². The Morgan fingerprint density at radius 1 is 1.12 bits per heavy atom. The van der Waals surface area contributed by atoms with Gasteiger partial charge in [-0.05, 0) is 48.1 Å². The molecule has 24 heavy (non-hydrogen) atoms. The molecular formula is C20H21N3O. The van der Waals surface area contributed by atoms with Gasteiger partial charge in [0.2, 0.25) is 0 Å². The number of nitrogens with two attached hydrogens (primary N) is 1. The first kappa shape index (κ1) is 15.0. The number of aromatic nitrogens is 2. The van der Waals surface area contributed by atoms with Gasteiger partial charge in [0.05, 0.1) is 18.5 Å². The van der Waals surface area contributed by atoms with Gasteiger partial charge < -0.3 is 15.4 Å². The Labute approximate surface area is 141 Å². The number of aliphatic hydroxyl groups is 1. The molecule has 2 heterocycles. The van der Waals surface area contributed by atoms with Gasteiger partial charge in [-0.1, -0.05) is 36.4 Å². The van der Waals surface area contributed by atoms with Crippen LogP contribution in [0.25, 0.3) is 11.1 Å². The first-order valence-electron chi connectivity index (χ1n) is 8.37. The number of imidazole rings is 1. The van der Waals surface area contributed by atoms with Crippen molar-refractivity contribution in [1.82, 2.24) is 9.55 Å². The second-order valence-corrected chi connectivity index (χ2v) is 6.41. The highest BCUT2D eigenvalue weighted by Crippen LogP contribution is 2.37. The van der Waals surface area contributed by atoms with E-state index >= 15 is 0 Å². The zero-order valence-electron chi connectivity index (χ0n) is 13.5. The van der Waals surface area contributed by atoms with Gasteiger partial charge in [-0.25, -0.2) is 4.98 Å². The molecule has 4 rings (SSSR count). The lowest BCUT2D eigenvalue weighted by Crippen LogP contribution is -2.24. The molecule has 0 fully saturated rings. The topological polar surface area (TPSA) is 64.1 Å². The third kappa shape index (κ3) is 2.59. The van der Waals surface area contributed by atoms with E-state index in [0.29, 0.717) is 0 Å². The molecule has 1 aliphatic rings. The van der Waals surface area contributed by atoms with Crippen LogP contribution in [0.5, 0.6) is 0 Å². The van der Waals surface area contributed by atoms with Crippen molar-refractivity contribution in [3.05, 3.63) is 72.3 Å². The molecule has 0 bridgehead atoms. The quantitative estimate of drug-likeness (QED) is 0.711. The maximum Gasteiger partial charge on any atom is 0.0954 e. The van der Waals surface area contributed by atoms with Crippen LogP contribution in [-0.4, -0.2) is 20.8 Å². The van der Waals surface area contributed by atoms with Gasteiger partial charge >= 0.3 is 0 Å². The molecule has 0 spiro atoms. The first-order chi connectivity index (χ1) is 11.7. The summed E-state index contributed by atoms with van der Waals surface area (Å²) in [4.78, 5) is 4.30. The fourth-order valence-corrected chi connectivity index (χ4v) is 3.67. The van der Waals surface area contributed by atoms with Crippen LogP contribution in [0.3, 0.4) is 0 Å². The summed E-state index contributed by atoms with van der Waals surface area (Å²) in [5.74, 6) is 0. The molecule has 2 aromatic carbocycles. The predicted molar refractivity (Wildman–Crippen MR) is 95.6 cm³/mol. The van der Waals surface area contributed by atoms with Gasteiger partial charge in [0.25, 0.3) is 0 Å². The lowest BCUT2D eigenvalue weighted by molar-refractivity contribution is 0.124. The van der Waals surface area contributed by atoms with Crippen molar-refractivity contribution in [3.8, 4) is 11.1 Å². The maximum atomic E-state index is 10.8. The van der Waals surface area contributed by atoms with Crippen molar-refractivity contribution in [2.75, 3.05) is 5.73 Å². The Morgan fingerprint density at radius 2 is 1.96 bits per heavy atom. The number of hydrogen-bond acceptors (Lipinski definition) is 3. The normalized spacial score (nSPS) is 20.4. The Bertz CT molecular complexity index is 841.